The second-order valence-corrected chi connectivity index (χ2v) is 7.15. The number of thioether (sulfide) groups is 1. The Morgan fingerprint density at radius 3 is 2.52 bits per heavy atom. The summed E-state index contributed by atoms with van der Waals surface area (Å²) in [5.74, 6) is 1.07. The number of ether oxygens (including phenoxy) is 1. The lowest BCUT2D eigenvalue weighted by Crippen LogP contribution is -2.46. The number of carbonyl (C=O) groups is 1. The van der Waals surface area contributed by atoms with E-state index in [1.165, 1.54) is 4.90 Å². The average Bonchev–Trinajstić information content (AvgIpc) is 2.56. The lowest BCUT2D eigenvalue weighted by Gasteiger charge is -2.32. The number of nitrogens with zero attached hydrogens (tertiary/aromatic N) is 1. The summed E-state index contributed by atoms with van der Waals surface area (Å²) in [5.41, 5.74) is 1.14. The number of likely N-dealkylation sites (tertiary alicyclic amines) is 1. The van der Waals surface area contributed by atoms with Gasteiger partial charge in [-0.15, -0.1) is 11.8 Å². The molecule has 1 aromatic carbocycles. The van der Waals surface area contributed by atoms with E-state index in [1.807, 2.05) is 30.5 Å². The third-order valence-electron chi connectivity index (χ3n) is 4.16. The Hall–Kier alpha value is -1.20. The van der Waals surface area contributed by atoms with Crippen molar-refractivity contribution in [3.63, 3.8) is 0 Å². The first-order valence-electron chi connectivity index (χ1n) is 8.53. The molecule has 1 fully saturated rings. The van der Waals surface area contributed by atoms with Crippen molar-refractivity contribution < 1.29 is 9.53 Å². The zero-order valence-corrected chi connectivity index (χ0v) is 15.2. The lowest BCUT2D eigenvalue weighted by atomic mass is 10.1. The van der Waals surface area contributed by atoms with Crippen LogP contribution in [0.15, 0.2) is 29.2 Å². The maximum Gasteiger partial charge on any atom is 0.317 e. The molecule has 1 atom stereocenters. The standard InChI is InChI=1S/C18H28N2O2S/c1-4-22-16-10-12-20(13-11-16)18(21)19-14(3)15-6-8-17(9-7-15)23-5-2/h6-9,14,16H,4-5,10-13H2,1-3H3,(H,19,21). The molecule has 0 aromatic heterocycles. The topological polar surface area (TPSA) is 41.6 Å². The van der Waals surface area contributed by atoms with Gasteiger partial charge in [0.25, 0.3) is 0 Å². The monoisotopic (exact) mass is 336 g/mol. The number of hydrogen-bond donors (Lipinski definition) is 1. The molecule has 0 spiro atoms. The van der Waals surface area contributed by atoms with E-state index in [0.29, 0.717) is 6.10 Å². The van der Waals surface area contributed by atoms with Crippen LogP contribution in [-0.2, 0) is 4.74 Å². The minimum absolute atomic E-state index is 0.0211. The number of urea groups is 1. The molecule has 1 aromatic rings. The quantitative estimate of drug-likeness (QED) is 0.796. The Kier molecular flexibility index (Phi) is 7.24. The molecular weight excluding hydrogens is 308 g/mol. The van der Waals surface area contributed by atoms with Gasteiger partial charge < -0.3 is 15.0 Å². The van der Waals surface area contributed by atoms with Gasteiger partial charge in [0.05, 0.1) is 12.1 Å². The van der Waals surface area contributed by atoms with E-state index in [4.69, 9.17) is 4.74 Å². The molecule has 1 aliphatic rings. The summed E-state index contributed by atoms with van der Waals surface area (Å²) in [4.78, 5) is 15.6. The molecule has 0 bridgehead atoms. The van der Waals surface area contributed by atoms with Gasteiger partial charge in [-0.1, -0.05) is 19.1 Å². The number of benzene rings is 1. The number of hydrogen-bond acceptors (Lipinski definition) is 3. The molecule has 1 N–H and O–H groups in total. The van der Waals surface area contributed by atoms with Gasteiger partial charge in [0, 0.05) is 24.6 Å². The summed E-state index contributed by atoms with van der Waals surface area (Å²) in [5, 5.41) is 3.10. The van der Waals surface area contributed by atoms with Crippen LogP contribution in [0.1, 0.15) is 45.2 Å². The van der Waals surface area contributed by atoms with Crippen LogP contribution in [-0.4, -0.2) is 42.5 Å². The van der Waals surface area contributed by atoms with Gasteiger partial charge in [0.15, 0.2) is 0 Å². The van der Waals surface area contributed by atoms with E-state index < -0.39 is 0 Å². The first-order valence-corrected chi connectivity index (χ1v) is 9.52. The van der Waals surface area contributed by atoms with Crippen LogP contribution in [0.3, 0.4) is 0 Å². The first kappa shape index (κ1) is 18.1. The van der Waals surface area contributed by atoms with Gasteiger partial charge in [-0.25, -0.2) is 4.79 Å². The molecule has 0 saturated carbocycles. The fourth-order valence-electron chi connectivity index (χ4n) is 2.84. The highest BCUT2D eigenvalue weighted by atomic mass is 32.2. The fraction of sp³-hybridized carbons (Fsp3) is 0.611. The van der Waals surface area contributed by atoms with Gasteiger partial charge in [-0.2, -0.15) is 0 Å². The molecule has 0 aliphatic carbocycles. The lowest BCUT2D eigenvalue weighted by molar-refractivity contribution is 0.0218. The van der Waals surface area contributed by atoms with Crippen LogP contribution in [0.5, 0.6) is 0 Å². The SMILES string of the molecule is CCOC1CCN(C(=O)NC(C)c2ccc(SCC)cc2)CC1. The summed E-state index contributed by atoms with van der Waals surface area (Å²) in [6.07, 6.45) is 2.17. The molecule has 0 radical (unpaired) electrons. The van der Waals surface area contributed by atoms with Crippen LogP contribution < -0.4 is 5.32 Å². The van der Waals surface area contributed by atoms with Crippen LogP contribution in [0, 0.1) is 0 Å². The van der Waals surface area contributed by atoms with Crippen molar-refractivity contribution >= 4 is 17.8 Å². The Labute approximate surface area is 144 Å². The smallest absolute Gasteiger partial charge is 0.317 e. The van der Waals surface area contributed by atoms with Crippen molar-refractivity contribution in [1.82, 2.24) is 10.2 Å². The third-order valence-corrected chi connectivity index (χ3v) is 5.06. The van der Waals surface area contributed by atoms with E-state index >= 15 is 0 Å². The van der Waals surface area contributed by atoms with Crippen LogP contribution >= 0.6 is 11.8 Å². The highest BCUT2D eigenvalue weighted by Gasteiger charge is 2.23. The van der Waals surface area contributed by atoms with Crippen molar-refractivity contribution in [3.8, 4) is 0 Å². The molecule has 1 aliphatic heterocycles. The maximum atomic E-state index is 12.4. The van der Waals surface area contributed by atoms with Crippen molar-refractivity contribution in [1.29, 1.82) is 0 Å². The van der Waals surface area contributed by atoms with Gasteiger partial charge in [0.1, 0.15) is 0 Å². The number of carbonyl (C=O) groups excluding carboxylic acids is 1. The normalized spacial score (nSPS) is 17.1. The Bertz CT molecular complexity index is 484. The second kappa shape index (κ2) is 9.18. The predicted octanol–water partition coefficient (Wildman–Crippen LogP) is 4.07. The van der Waals surface area contributed by atoms with Gasteiger partial charge in [-0.3, -0.25) is 0 Å². The van der Waals surface area contributed by atoms with Gasteiger partial charge in [0.2, 0.25) is 0 Å². The van der Waals surface area contributed by atoms with Crippen LogP contribution in [0.2, 0.25) is 0 Å². The largest absolute Gasteiger partial charge is 0.378 e. The van der Waals surface area contributed by atoms with Crippen molar-refractivity contribution in [2.45, 2.75) is 50.7 Å². The van der Waals surface area contributed by atoms with E-state index in [9.17, 15) is 4.79 Å². The molecule has 2 amide bonds. The zero-order valence-electron chi connectivity index (χ0n) is 14.4. The third kappa shape index (κ3) is 5.43. The minimum atomic E-state index is 0.0211. The molecule has 1 unspecified atom stereocenters. The van der Waals surface area contributed by atoms with Gasteiger partial charge >= 0.3 is 6.03 Å². The van der Waals surface area contributed by atoms with Gasteiger partial charge in [-0.05, 0) is 50.1 Å². The Morgan fingerprint density at radius 2 is 1.96 bits per heavy atom. The highest BCUT2D eigenvalue weighted by Crippen LogP contribution is 2.21. The number of amides is 2. The summed E-state index contributed by atoms with van der Waals surface area (Å²) >= 11 is 1.83. The summed E-state index contributed by atoms with van der Waals surface area (Å²) in [6, 6.07) is 8.50. The number of nitrogens with one attached hydrogen (secondary N) is 1. The summed E-state index contributed by atoms with van der Waals surface area (Å²) < 4.78 is 5.63. The molecule has 23 heavy (non-hydrogen) atoms. The summed E-state index contributed by atoms with van der Waals surface area (Å²) in [6.45, 7) is 8.50. The molecule has 1 heterocycles. The fourth-order valence-corrected chi connectivity index (χ4v) is 3.50. The molecular formula is C18H28N2O2S. The highest BCUT2D eigenvalue weighted by molar-refractivity contribution is 7.99. The Morgan fingerprint density at radius 1 is 1.30 bits per heavy atom. The molecule has 2 rings (SSSR count). The van der Waals surface area contributed by atoms with Crippen molar-refractivity contribution in [2.24, 2.45) is 0 Å². The van der Waals surface area contributed by atoms with Crippen LogP contribution in [0.4, 0.5) is 4.79 Å². The first-order chi connectivity index (χ1) is 11.1. The van der Waals surface area contributed by atoms with Crippen molar-refractivity contribution in [2.75, 3.05) is 25.4 Å². The molecule has 5 heteroatoms. The second-order valence-electron chi connectivity index (χ2n) is 5.81. The average molecular weight is 337 g/mol. The van der Waals surface area contributed by atoms with E-state index in [0.717, 1.165) is 43.9 Å². The molecule has 4 nitrogen and oxygen atoms in total. The van der Waals surface area contributed by atoms with E-state index in [-0.39, 0.29) is 12.1 Å². The predicted molar refractivity (Wildman–Crippen MR) is 96.0 cm³/mol. The van der Waals surface area contributed by atoms with E-state index in [2.05, 4.69) is 36.5 Å². The minimum Gasteiger partial charge on any atom is -0.378 e. The maximum absolute atomic E-state index is 12.4. The zero-order chi connectivity index (χ0) is 16.7. The van der Waals surface area contributed by atoms with Crippen LogP contribution in [0.25, 0.3) is 0 Å². The summed E-state index contributed by atoms with van der Waals surface area (Å²) in [7, 11) is 0. The van der Waals surface area contributed by atoms with Crippen molar-refractivity contribution in [3.05, 3.63) is 29.8 Å². The van der Waals surface area contributed by atoms with E-state index in [1.54, 1.807) is 0 Å². The molecule has 1 saturated heterocycles. The number of rotatable bonds is 6. The number of piperidine rings is 1. The Balaban J connectivity index is 1.82. The molecule has 128 valence electrons.